The number of hydrogen-bond donors (Lipinski definition) is 0. The van der Waals surface area contributed by atoms with Crippen LogP contribution in [0.25, 0.3) is 0 Å². The van der Waals surface area contributed by atoms with Crippen LogP contribution < -0.4 is 5.56 Å². The van der Waals surface area contributed by atoms with Gasteiger partial charge in [-0.2, -0.15) is 0 Å². The second-order valence-corrected chi connectivity index (χ2v) is 6.53. The maximum atomic E-state index is 13.6. The van der Waals surface area contributed by atoms with Crippen molar-refractivity contribution in [2.75, 3.05) is 13.2 Å². The number of nitrogens with zero attached hydrogens (tertiary/aromatic N) is 1. The summed E-state index contributed by atoms with van der Waals surface area (Å²) >= 11 is 1.29. The smallest absolute Gasteiger partial charge is 0.286 e. The molecule has 8 heteroatoms. The van der Waals surface area contributed by atoms with Crippen molar-refractivity contribution < 1.29 is 22.7 Å². The van der Waals surface area contributed by atoms with E-state index in [1.807, 2.05) is 5.38 Å². The number of halogens is 3. The number of hydrogen-bond acceptors (Lipinski definition) is 4. The van der Waals surface area contributed by atoms with Crippen LogP contribution in [0, 0.1) is 5.82 Å². The summed E-state index contributed by atoms with van der Waals surface area (Å²) in [4.78, 5) is 24.3. The number of carbonyl (C=O) groups excluding carboxylic acids is 1. The van der Waals surface area contributed by atoms with E-state index in [4.69, 9.17) is 4.74 Å². The largest absolute Gasteiger partial charge is 0.380 e. The first-order valence-electron chi connectivity index (χ1n) is 7.30. The van der Waals surface area contributed by atoms with E-state index in [1.54, 1.807) is 6.07 Å². The van der Waals surface area contributed by atoms with Crippen LogP contribution in [0.4, 0.5) is 13.2 Å². The third kappa shape index (κ3) is 3.59. The zero-order valence-corrected chi connectivity index (χ0v) is 13.3. The Bertz CT molecular complexity index is 811. The van der Waals surface area contributed by atoms with Crippen LogP contribution >= 0.6 is 11.3 Å². The van der Waals surface area contributed by atoms with Gasteiger partial charge in [-0.15, -0.1) is 11.3 Å². The van der Waals surface area contributed by atoms with Gasteiger partial charge in [0.15, 0.2) is 11.6 Å². The molecule has 0 amide bonds. The summed E-state index contributed by atoms with van der Waals surface area (Å²) in [5.74, 6) is -1.08. The van der Waals surface area contributed by atoms with Gasteiger partial charge in [0.1, 0.15) is 0 Å². The lowest BCUT2D eigenvalue weighted by atomic mass is 10.00. The van der Waals surface area contributed by atoms with Crippen LogP contribution in [-0.2, 0) is 17.7 Å². The molecule has 0 bridgehead atoms. The first kappa shape index (κ1) is 16.9. The van der Waals surface area contributed by atoms with E-state index in [2.05, 4.69) is 0 Å². The molecule has 0 radical (unpaired) electrons. The number of ketones is 1. The molecule has 0 atom stereocenters. The van der Waals surface area contributed by atoms with E-state index in [1.165, 1.54) is 11.3 Å². The summed E-state index contributed by atoms with van der Waals surface area (Å²) in [7, 11) is 0. The van der Waals surface area contributed by atoms with Crippen molar-refractivity contribution in [3.05, 3.63) is 55.9 Å². The highest BCUT2D eigenvalue weighted by Crippen LogP contribution is 2.28. The highest BCUT2D eigenvalue weighted by atomic mass is 32.1. The monoisotopic (exact) mass is 357 g/mol. The van der Waals surface area contributed by atoms with E-state index >= 15 is 0 Å². The van der Waals surface area contributed by atoms with E-state index < -0.39 is 24.3 Å². The number of ether oxygens (including phenoxy) is 1. The fourth-order valence-corrected chi connectivity index (χ4v) is 3.38. The Labute approximate surface area is 139 Å². The average molecular weight is 357 g/mol. The molecule has 0 unspecified atom stereocenters. The summed E-state index contributed by atoms with van der Waals surface area (Å²) in [5, 5.41) is 1.89. The molecule has 0 saturated carbocycles. The van der Waals surface area contributed by atoms with Gasteiger partial charge >= 0.3 is 0 Å². The Balaban J connectivity index is 1.77. The van der Waals surface area contributed by atoms with Crippen LogP contribution in [0.5, 0.6) is 0 Å². The minimum Gasteiger partial charge on any atom is -0.380 e. The van der Waals surface area contributed by atoms with E-state index in [0.717, 1.165) is 17.8 Å². The molecule has 0 aliphatic carbocycles. The maximum Gasteiger partial charge on any atom is 0.286 e. The van der Waals surface area contributed by atoms with Gasteiger partial charge in [-0.3, -0.25) is 9.59 Å². The molecular formula is C16H14F3NO3S. The number of Topliss-reactive ketones (excluding diaryl/α,β-unsaturated/α-hetero) is 1. The average Bonchev–Trinajstić information content (AvgIpc) is 2.91. The quantitative estimate of drug-likeness (QED) is 0.747. The lowest BCUT2D eigenvalue weighted by molar-refractivity contribution is 0.00857. The fraction of sp³-hybridized carbons (Fsp3) is 0.375. The molecule has 24 heavy (non-hydrogen) atoms. The Morgan fingerprint density at radius 2 is 2.12 bits per heavy atom. The van der Waals surface area contributed by atoms with Crippen LogP contribution in [0.3, 0.4) is 0 Å². The SMILES string of the molecule is O=C(Cc1cc(F)c(=O)n(CC(F)F)c1)c1cc(C2COC2)cs1. The van der Waals surface area contributed by atoms with Crippen molar-refractivity contribution in [2.45, 2.75) is 25.3 Å². The van der Waals surface area contributed by atoms with E-state index in [0.29, 0.717) is 28.6 Å². The molecule has 3 heterocycles. The molecule has 2 aromatic rings. The third-order valence-electron chi connectivity index (χ3n) is 3.80. The standard InChI is InChI=1S/C16H14F3NO3S/c17-12-1-9(4-20(16(12)22)5-15(18)19)2-13(21)14-3-10(8-24-14)11-6-23-7-11/h1,3-4,8,11,15H,2,5-7H2. The number of carbonyl (C=O) groups is 1. The first-order chi connectivity index (χ1) is 11.4. The second-order valence-electron chi connectivity index (χ2n) is 5.62. The molecule has 0 aromatic carbocycles. The lowest BCUT2D eigenvalue weighted by Gasteiger charge is -2.24. The third-order valence-corrected chi connectivity index (χ3v) is 4.79. The van der Waals surface area contributed by atoms with E-state index in [-0.39, 0.29) is 17.8 Å². The Morgan fingerprint density at radius 3 is 2.75 bits per heavy atom. The predicted octanol–water partition coefficient (Wildman–Crippen LogP) is 2.85. The summed E-state index contributed by atoms with van der Waals surface area (Å²) in [5.41, 5.74) is 0.109. The van der Waals surface area contributed by atoms with Crippen molar-refractivity contribution in [2.24, 2.45) is 0 Å². The van der Waals surface area contributed by atoms with Crippen molar-refractivity contribution in [1.29, 1.82) is 0 Å². The van der Waals surface area contributed by atoms with Crippen LogP contribution in [0.1, 0.15) is 26.7 Å². The Hall–Kier alpha value is -1.93. The zero-order chi connectivity index (χ0) is 17.3. The number of alkyl halides is 2. The van der Waals surface area contributed by atoms with Gasteiger partial charge in [-0.1, -0.05) is 0 Å². The fourth-order valence-electron chi connectivity index (χ4n) is 2.45. The highest BCUT2D eigenvalue weighted by Gasteiger charge is 2.23. The summed E-state index contributed by atoms with van der Waals surface area (Å²) in [6.45, 7) is 0.366. The van der Waals surface area contributed by atoms with Gasteiger partial charge in [0.25, 0.3) is 12.0 Å². The maximum absolute atomic E-state index is 13.6. The van der Waals surface area contributed by atoms with Crippen molar-refractivity contribution in [3.63, 3.8) is 0 Å². The molecule has 1 aliphatic rings. The number of thiophene rings is 1. The lowest BCUT2D eigenvalue weighted by Crippen LogP contribution is -2.26. The molecule has 4 nitrogen and oxygen atoms in total. The Morgan fingerprint density at radius 1 is 1.38 bits per heavy atom. The summed E-state index contributed by atoms with van der Waals surface area (Å²) < 4.78 is 44.2. The van der Waals surface area contributed by atoms with Crippen molar-refractivity contribution >= 4 is 17.1 Å². The zero-order valence-electron chi connectivity index (χ0n) is 12.5. The number of rotatable bonds is 6. The highest BCUT2D eigenvalue weighted by molar-refractivity contribution is 7.12. The van der Waals surface area contributed by atoms with Crippen LogP contribution in [0.15, 0.2) is 28.5 Å². The minimum atomic E-state index is -2.78. The molecule has 3 rings (SSSR count). The molecule has 0 spiro atoms. The first-order valence-corrected chi connectivity index (χ1v) is 8.18. The molecule has 2 aromatic heterocycles. The van der Waals surface area contributed by atoms with E-state index in [9.17, 15) is 22.8 Å². The van der Waals surface area contributed by atoms with Crippen LogP contribution in [0.2, 0.25) is 0 Å². The molecule has 1 saturated heterocycles. The molecule has 128 valence electrons. The van der Waals surface area contributed by atoms with Crippen molar-refractivity contribution in [3.8, 4) is 0 Å². The van der Waals surface area contributed by atoms with Gasteiger partial charge in [0.2, 0.25) is 0 Å². The van der Waals surface area contributed by atoms with Gasteiger partial charge < -0.3 is 9.30 Å². The molecule has 1 fully saturated rings. The summed E-state index contributed by atoms with van der Waals surface area (Å²) in [6, 6.07) is 2.71. The summed E-state index contributed by atoms with van der Waals surface area (Å²) in [6.07, 6.45) is -1.82. The normalized spacial score (nSPS) is 14.8. The van der Waals surface area contributed by atoms with Crippen LogP contribution in [-0.4, -0.2) is 30.0 Å². The predicted molar refractivity (Wildman–Crippen MR) is 82.6 cm³/mol. The van der Waals surface area contributed by atoms with Crippen molar-refractivity contribution in [1.82, 2.24) is 4.57 Å². The molecule has 0 N–H and O–H groups in total. The number of aromatic nitrogens is 1. The molecule has 1 aliphatic heterocycles. The van der Waals surface area contributed by atoms with Gasteiger partial charge in [-0.05, 0) is 28.6 Å². The van der Waals surface area contributed by atoms with Gasteiger partial charge in [-0.25, -0.2) is 13.2 Å². The van der Waals surface area contributed by atoms with Gasteiger partial charge in [0, 0.05) is 18.5 Å². The number of pyridine rings is 1. The van der Waals surface area contributed by atoms with Gasteiger partial charge in [0.05, 0.1) is 24.6 Å². The molecular weight excluding hydrogens is 343 g/mol. The minimum absolute atomic E-state index is 0.151. The Kier molecular flexibility index (Phi) is 4.86. The second kappa shape index (κ2) is 6.90. The topological polar surface area (TPSA) is 48.3 Å².